The Labute approximate surface area is 315 Å². The van der Waals surface area contributed by atoms with Gasteiger partial charge in [0.25, 0.3) is 0 Å². The highest BCUT2D eigenvalue weighted by molar-refractivity contribution is 5.49. The number of aldehydes is 1. The molecule has 1 saturated heterocycles. The summed E-state index contributed by atoms with van der Waals surface area (Å²) in [7, 11) is 3.21. The number of benzene rings is 2. The highest BCUT2D eigenvalue weighted by Crippen LogP contribution is 2.39. The van der Waals surface area contributed by atoms with E-state index in [0.717, 1.165) is 61.9 Å². The van der Waals surface area contributed by atoms with E-state index in [-0.39, 0.29) is 17.7 Å². The third kappa shape index (κ3) is 17.6. The summed E-state index contributed by atoms with van der Waals surface area (Å²) in [6.07, 6.45) is 9.31. The van der Waals surface area contributed by atoms with Gasteiger partial charge in [0.1, 0.15) is 12.0 Å². The molecule has 53 heavy (non-hydrogen) atoms. The summed E-state index contributed by atoms with van der Waals surface area (Å²) in [5.74, 6) is 0.138. The average molecular weight is 746 g/mol. The van der Waals surface area contributed by atoms with Gasteiger partial charge in [-0.1, -0.05) is 45.4 Å². The molecule has 1 aliphatic rings. The molecule has 0 spiro atoms. The monoisotopic (exact) mass is 745 g/mol. The number of hydrogen-bond donors (Lipinski definition) is 3. The normalized spacial score (nSPS) is 13.6. The SMILES string of the molecule is C=CCCC(CCC)c1ccc(-n2cc(CN3CCCC3)cn2)cc1C(F)(F)F.CC.CNC=O.COCc1ccc(O)cc1CNC(C)CCC=O. The van der Waals surface area contributed by atoms with Gasteiger partial charge in [-0.15, -0.1) is 6.58 Å². The molecule has 12 heteroatoms. The smallest absolute Gasteiger partial charge is 0.416 e. The van der Waals surface area contributed by atoms with Crippen LogP contribution in [0.2, 0.25) is 0 Å². The number of carbonyl (C=O) groups is 2. The molecule has 1 aliphatic heterocycles. The lowest BCUT2D eigenvalue weighted by Gasteiger charge is -2.22. The molecule has 0 bridgehead atoms. The molecule has 296 valence electrons. The lowest BCUT2D eigenvalue weighted by atomic mass is 9.86. The van der Waals surface area contributed by atoms with Gasteiger partial charge in [-0.05, 0) is 105 Å². The Morgan fingerprint density at radius 2 is 1.74 bits per heavy atom. The van der Waals surface area contributed by atoms with Crippen LogP contribution in [0.15, 0.2) is 61.4 Å². The largest absolute Gasteiger partial charge is 0.508 e. The molecule has 2 unspecified atom stereocenters. The third-order valence-electron chi connectivity index (χ3n) is 8.61. The first kappa shape index (κ1) is 47.0. The van der Waals surface area contributed by atoms with Crippen molar-refractivity contribution in [3.63, 3.8) is 0 Å². The van der Waals surface area contributed by atoms with Gasteiger partial charge < -0.3 is 25.3 Å². The minimum Gasteiger partial charge on any atom is -0.508 e. The molecule has 2 heterocycles. The summed E-state index contributed by atoms with van der Waals surface area (Å²) in [5.41, 5.74) is 3.40. The van der Waals surface area contributed by atoms with Gasteiger partial charge >= 0.3 is 6.18 Å². The number of amides is 1. The Morgan fingerprint density at radius 3 is 2.32 bits per heavy atom. The van der Waals surface area contributed by atoms with Gasteiger partial charge in [-0.25, -0.2) is 4.68 Å². The summed E-state index contributed by atoms with van der Waals surface area (Å²) in [6, 6.07) is 10.2. The predicted molar refractivity (Wildman–Crippen MR) is 207 cm³/mol. The van der Waals surface area contributed by atoms with Crippen LogP contribution in [-0.4, -0.2) is 65.8 Å². The standard InChI is InChI=1S/C23H30F3N3.C14H21NO3.C2H5NO.C2H6/c1-3-5-9-19(8-4-2)21-11-10-20(14-22(21)23(24,25)26)29-17-18(15-27-29)16-28-12-6-7-13-28;1-11(4-3-7-16)15-9-13-8-14(17)6-5-12(13)10-18-2;1-3-2-4;1-2/h3,10-11,14-15,17,19H,1,4-9,12-13,16H2,2H3;5-8,11,15,17H,3-4,9-10H2,1-2H3;2H,1H3,(H,3,4);1-2H3. The Balaban J connectivity index is 0.000000500. The number of carbonyl (C=O) groups excluding carboxylic acids is 2. The molecule has 3 N–H and O–H groups in total. The van der Waals surface area contributed by atoms with Gasteiger partial charge in [-0.2, -0.15) is 18.3 Å². The number of phenolic OH excluding ortho intramolecular Hbond substituents is 1. The lowest BCUT2D eigenvalue weighted by Crippen LogP contribution is -2.26. The second-order valence-electron chi connectivity index (χ2n) is 12.7. The summed E-state index contributed by atoms with van der Waals surface area (Å²) in [4.78, 5) is 21.7. The van der Waals surface area contributed by atoms with E-state index in [1.165, 1.54) is 18.9 Å². The van der Waals surface area contributed by atoms with Crippen LogP contribution in [0.1, 0.15) is 113 Å². The fraction of sp³-hybridized carbons (Fsp3) is 0.537. The molecular weight excluding hydrogens is 683 g/mol. The lowest BCUT2D eigenvalue weighted by molar-refractivity contribution is -0.138. The van der Waals surface area contributed by atoms with Crippen LogP contribution in [0.3, 0.4) is 0 Å². The number of nitrogens with one attached hydrogen (secondary N) is 2. The van der Waals surface area contributed by atoms with Gasteiger partial charge in [0.05, 0.1) is 24.1 Å². The number of halogens is 3. The number of allylic oxidation sites excluding steroid dienone is 1. The van der Waals surface area contributed by atoms with Crippen molar-refractivity contribution in [3.05, 3.63) is 89.3 Å². The van der Waals surface area contributed by atoms with Crippen LogP contribution in [0.5, 0.6) is 5.75 Å². The van der Waals surface area contributed by atoms with Crippen molar-refractivity contribution >= 4 is 12.7 Å². The van der Waals surface area contributed by atoms with Crippen molar-refractivity contribution in [2.24, 2.45) is 0 Å². The van der Waals surface area contributed by atoms with Crippen molar-refractivity contribution < 1.29 is 32.6 Å². The van der Waals surface area contributed by atoms with Crippen molar-refractivity contribution in [1.29, 1.82) is 0 Å². The number of phenols is 1. The second kappa shape index (κ2) is 26.7. The zero-order valence-electron chi connectivity index (χ0n) is 32.6. The molecule has 1 amide bonds. The van der Waals surface area contributed by atoms with E-state index in [1.54, 1.807) is 55.4 Å². The van der Waals surface area contributed by atoms with E-state index < -0.39 is 11.7 Å². The number of hydrogen-bond acceptors (Lipinski definition) is 7. The van der Waals surface area contributed by atoms with Gasteiger partial charge in [0.2, 0.25) is 6.41 Å². The van der Waals surface area contributed by atoms with Crippen LogP contribution >= 0.6 is 0 Å². The average Bonchev–Trinajstić information content (AvgIpc) is 3.86. The topological polar surface area (TPSA) is 109 Å². The number of alkyl halides is 3. The highest BCUT2D eigenvalue weighted by Gasteiger charge is 2.35. The number of aromatic hydroxyl groups is 1. The van der Waals surface area contributed by atoms with Crippen molar-refractivity contribution in [3.8, 4) is 11.4 Å². The maximum atomic E-state index is 13.9. The van der Waals surface area contributed by atoms with Crippen LogP contribution in [-0.2, 0) is 40.2 Å². The fourth-order valence-corrected chi connectivity index (χ4v) is 5.97. The number of nitrogens with zero attached hydrogens (tertiary/aromatic N) is 3. The van der Waals surface area contributed by atoms with Crippen molar-refractivity contribution in [2.75, 3.05) is 27.2 Å². The highest BCUT2D eigenvalue weighted by atomic mass is 19.4. The second-order valence-corrected chi connectivity index (χ2v) is 12.7. The number of aromatic nitrogens is 2. The molecule has 9 nitrogen and oxygen atoms in total. The Hall–Kier alpha value is -4.00. The van der Waals surface area contributed by atoms with E-state index in [4.69, 9.17) is 9.53 Å². The summed E-state index contributed by atoms with van der Waals surface area (Å²) >= 11 is 0. The van der Waals surface area contributed by atoms with Crippen LogP contribution < -0.4 is 10.6 Å². The van der Waals surface area contributed by atoms with Gasteiger partial charge in [0.15, 0.2) is 0 Å². The minimum absolute atomic E-state index is 0.118. The maximum absolute atomic E-state index is 13.9. The summed E-state index contributed by atoms with van der Waals surface area (Å²) < 4.78 is 48.3. The first-order chi connectivity index (χ1) is 25.5. The molecule has 1 aromatic heterocycles. The summed E-state index contributed by atoms with van der Waals surface area (Å²) in [6.45, 7) is 15.9. The molecule has 0 aliphatic carbocycles. The maximum Gasteiger partial charge on any atom is 0.416 e. The van der Waals surface area contributed by atoms with E-state index in [9.17, 15) is 23.1 Å². The molecule has 1 fully saturated rings. The summed E-state index contributed by atoms with van der Waals surface area (Å²) in [5, 5.41) is 19.4. The molecule has 0 saturated carbocycles. The number of likely N-dealkylation sites (tertiary alicyclic amines) is 1. The first-order valence-corrected chi connectivity index (χ1v) is 18.7. The predicted octanol–water partition coefficient (Wildman–Crippen LogP) is 8.72. The van der Waals surface area contributed by atoms with Crippen LogP contribution in [0.25, 0.3) is 5.69 Å². The zero-order chi connectivity index (χ0) is 39.6. The van der Waals surface area contributed by atoms with E-state index in [2.05, 4.69) is 27.2 Å². The number of rotatable bonds is 18. The van der Waals surface area contributed by atoms with E-state index >= 15 is 0 Å². The fourth-order valence-electron chi connectivity index (χ4n) is 5.97. The molecule has 4 rings (SSSR count). The van der Waals surface area contributed by atoms with Crippen molar-refractivity contribution in [1.82, 2.24) is 25.3 Å². The molecular formula is C41H62F3N5O4. The quantitative estimate of drug-likeness (QED) is 0.0883. The molecule has 2 atom stereocenters. The minimum atomic E-state index is -4.39. The molecule has 2 aromatic carbocycles. The van der Waals surface area contributed by atoms with E-state index in [1.807, 2.05) is 40.0 Å². The van der Waals surface area contributed by atoms with Crippen LogP contribution in [0.4, 0.5) is 13.2 Å². The van der Waals surface area contributed by atoms with Gasteiger partial charge in [0, 0.05) is 51.5 Å². The zero-order valence-corrected chi connectivity index (χ0v) is 32.6. The molecule has 3 aromatic rings. The number of ether oxygens (including phenoxy) is 1. The Morgan fingerprint density at radius 1 is 1.04 bits per heavy atom. The molecule has 0 radical (unpaired) electrons. The third-order valence-corrected chi connectivity index (χ3v) is 8.61. The van der Waals surface area contributed by atoms with E-state index in [0.29, 0.717) is 50.1 Å². The van der Waals surface area contributed by atoms with Crippen LogP contribution in [0, 0.1) is 0 Å². The first-order valence-electron chi connectivity index (χ1n) is 18.7. The Bertz CT molecular complexity index is 1460. The van der Waals surface area contributed by atoms with Crippen molar-refractivity contribution in [2.45, 2.75) is 117 Å². The van der Waals surface area contributed by atoms with Gasteiger partial charge in [-0.3, -0.25) is 9.69 Å². The number of methoxy groups -OCH3 is 1. The Kier molecular flexibility index (Phi) is 23.7.